The van der Waals surface area contributed by atoms with Crippen LogP contribution in [0.5, 0.6) is 0 Å². The maximum atomic E-state index is 13.3. The smallest absolute Gasteiger partial charge is 0.478 e. The minimum absolute atomic E-state index is 0.0861. The minimum Gasteiger partial charge on any atom is -0.478 e. The van der Waals surface area contributed by atoms with Gasteiger partial charge in [0.1, 0.15) is 17.7 Å². The molecule has 0 spiro atoms. The third-order valence-corrected chi connectivity index (χ3v) is 4.47. The summed E-state index contributed by atoms with van der Waals surface area (Å²) in [5, 5.41) is 19.3. The number of aromatic nitrogens is 2. The molecular formula is C22H19F4N3O5. The van der Waals surface area contributed by atoms with Crippen LogP contribution in [0.3, 0.4) is 0 Å². The number of nitrogens with one attached hydrogen (secondary N) is 1. The Hall–Kier alpha value is -4.22. The van der Waals surface area contributed by atoms with Crippen molar-refractivity contribution in [1.82, 2.24) is 14.9 Å². The van der Waals surface area contributed by atoms with Crippen molar-refractivity contribution < 1.29 is 42.2 Å². The lowest BCUT2D eigenvalue weighted by molar-refractivity contribution is -0.192. The molecule has 0 aliphatic heterocycles. The number of rotatable bonds is 6. The van der Waals surface area contributed by atoms with Crippen molar-refractivity contribution in [2.24, 2.45) is 7.05 Å². The summed E-state index contributed by atoms with van der Waals surface area (Å²) in [6.45, 7) is 0. The Kier molecular flexibility index (Phi) is 8.48. The molecule has 180 valence electrons. The van der Waals surface area contributed by atoms with E-state index in [2.05, 4.69) is 10.3 Å². The monoisotopic (exact) mass is 481 g/mol. The van der Waals surface area contributed by atoms with Crippen molar-refractivity contribution >= 4 is 17.8 Å². The number of aromatic carboxylic acids is 1. The lowest BCUT2D eigenvalue weighted by atomic mass is 10.0. The molecule has 0 aliphatic rings. The van der Waals surface area contributed by atoms with E-state index in [0.29, 0.717) is 17.0 Å². The number of carboxylic acid groups (broad SMARTS) is 2. The van der Waals surface area contributed by atoms with Gasteiger partial charge < -0.3 is 20.1 Å². The molecule has 1 unspecified atom stereocenters. The Balaban J connectivity index is 0.000000509. The zero-order valence-corrected chi connectivity index (χ0v) is 17.6. The first-order chi connectivity index (χ1) is 15.9. The summed E-state index contributed by atoms with van der Waals surface area (Å²) in [5.74, 6) is -3.99. The Morgan fingerprint density at radius 3 is 2.15 bits per heavy atom. The van der Waals surface area contributed by atoms with Crippen LogP contribution in [0.25, 0.3) is 0 Å². The van der Waals surface area contributed by atoms with E-state index in [1.165, 1.54) is 18.2 Å². The van der Waals surface area contributed by atoms with Crippen LogP contribution < -0.4 is 5.32 Å². The van der Waals surface area contributed by atoms with Gasteiger partial charge in [0.2, 0.25) is 5.91 Å². The van der Waals surface area contributed by atoms with E-state index in [1.807, 2.05) is 0 Å². The van der Waals surface area contributed by atoms with Gasteiger partial charge in [0.05, 0.1) is 12.0 Å². The number of hydrogen-bond donors (Lipinski definition) is 3. The maximum Gasteiger partial charge on any atom is 0.490 e. The summed E-state index contributed by atoms with van der Waals surface area (Å²) in [7, 11) is 1.80. The first kappa shape index (κ1) is 26.0. The molecule has 0 fully saturated rings. The van der Waals surface area contributed by atoms with Crippen molar-refractivity contribution in [3.8, 4) is 0 Å². The molecule has 1 aromatic heterocycles. The van der Waals surface area contributed by atoms with Crippen LogP contribution in [0.4, 0.5) is 17.6 Å². The summed E-state index contributed by atoms with van der Waals surface area (Å²) in [6.07, 6.45) is -1.82. The van der Waals surface area contributed by atoms with Crippen LogP contribution in [0, 0.1) is 5.82 Å². The first-order valence-corrected chi connectivity index (χ1v) is 9.53. The van der Waals surface area contributed by atoms with Crippen LogP contribution in [-0.2, 0) is 23.1 Å². The van der Waals surface area contributed by atoms with Crippen LogP contribution in [0.1, 0.15) is 33.4 Å². The molecule has 1 atom stereocenters. The van der Waals surface area contributed by atoms with Gasteiger partial charge in [-0.1, -0.05) is 30.3 Å². The first-order valence-electron chi connectivity index (χ1n) is 9.53. The number of amides is 1. The highest BCUT2D eigenvalue weighted by molar-refractivity contribution is 5.91. The molecule has 1 amide bonds. The third kappa shape index (κ3) is 7.15. The second-order valence-electron chi connectivity index (χ2n) is 6.89. The van der Waals surface area contributed by atoms with E-state index in [1.54, 1.807) is 54.3 Å². The van der Waals surface area contributed by atoms with E-state index >= 15 is 0 Å². The fourth-order valence-corrected chi connectivity index (χ4v) is 2.88. The number of carbonyl (C=O) groups is 3. The highest BCUT2D eigenvalue weighted by atomic mass is 19.4. The summed E-state index contributed by atoms with van der Waals surface area (Å²) in [5.41, 5.74) is 1.17. The van der Waals surface area contributed by atoms with Crippen molar-refractivity contribution in [3.63, 3.8) is 0 Å². The predicted octanol–water partition coefficient (Wildman–Crippen LogP) is 3.34. The van der Waals surface area contributed by atoms with E-state index in [9.17, 15) is 32.3 Å². The quantitative estimate of drug-likeness (QED) is 0.465. The predicted molar refractivity (Wildman–Crippen MR) is 110 cm³/mol. The number of alkyl halides is 3. The van der Waals surface area contributed by atoms with E-state index in [4.69, 9.17) is 9.90 Å². The van der Waals surface area contributed by atoms with Gasteiger partial charge in [0, 0.05) is 19.4 Å². The molecule has 0 bridgehead atoms. The number of halogens is 4. The fraction of sp³-hybridized carbons (Fsp3) is 0.182. The van der Waals surface area contributed by atoms with E-state index in [0.717, 1.165) is 0 Å². The second-order valence-corrected chi connectivity index (χ2v) is 6.89. The molecule has 0 aliphatic carbocycles. The SMILES string of the molecule is Cn1ccnc1C(NC(=O)Cc1ccccc1C(=O)O)c1ccc(F)cc1.O=C(O)C(F)(F)F. The summed E-state index contributed by atoms with van der Waals surface area (Å²) in [6, 6.07) is 11.6. The molecule has 3 rings (SSSR count). The van der Waals surface area contributed by atoms with Crippen LogP contribution >= 0.6 is 0 Å². The number of aryl methyl sites for hydroxylation is 1. The molecule has 3 N–H and O–H groups in total. The highest BCUT2D eigenvalue weighted by Gasteiger charge is 2.38. The average molecular weight is 481 g/mol. The van der Waals surface area contributed by atoms with Crippen LogP contribution in [0.2, 0.25) is 0 Å². The average Bonchev–Trinajstić information content (AvgIpc) is 3.18. The zero-order chi connectivity index (χ0) is 25.5. The van der Waals surface area contributed by atoms with Crippen molar-refractivity contribution in [2.45, 2.75) is 18.6 Å². The molecule has 8 nitrogen and oxygen atoms in total. The number of carboxylic acids is 2. The molecule has 0 saturated heterocycles. The largest absolute Gasteiger partial charge is 0.490 e. The van der Waals surface area contributed by atoms with Gasteiger partial charge in [-0.15, -0.1) is 0 Å². The Bertz CT molecular complexity index is 1160. The normalized spacial score (nSPS) is 11.7. The van der Waals surface area contributed by atoms with Gasteiger partial charge in [-0.2, -0.15) is 13.2 Å². The Morgan fingerprint density at radius 2 is 1.65 bits per heavy atom. The van der Waals surface area contributed by atoms with E-state index in [-0.39, 0.29) is 23.7 Å². The molecule has 0 saturated carbocycles. The van der Waals surface area contributed by atoms with E-state index < -0.39 is 24.2 Å². The van der Waals surface area contributed by atoms with Crippen LogP contribution in [0.15, 0.2) is 60.9 Å². The molecule has 2 aromatic carbocycles. The topological polar surface area (TPSA) is 122 Å². The third-order valence-electron chi connectivity index (χ3n) is 4.47. The highest BCUT2D eigenvalue weighted by Crippen LogP contribution is 2.21. The molecule has 0 radical (unpaired) electrons. The molecular weight excluding hydrogens is 462 g/mol. The number of carbonyl (C=O) groups excluding carboxylic acids is 1. The molecule has 1 heterocycles. The summed E-state index contributed by atoms with van der Waals surface area (Å²) >= 11 is 0. The number of aliphatic carboxylic acids is 1. The van der Waals surface area contributed by atoms with Gasteiger partial charge >= 0.3 is 18.1 Å². The van der Waals surface area contributed by atoms with Gasteiger partial charge in [-0.05, 0) is 29.3 Å². The van der Waals surface area contributed by atoms with Gasteiger partial charge in [-0.3, -0.25) is 4.79 Å². The van der Waals surface area contributed by atoms with Crippen molar-refractivity contribution in [3.05, 3.63) is 89.3 Å². The fourth-order valence-electron chi connectivity index (χ4n) is 2.88. The second kappa shape index (κ2) is 11.1. The number of hydrogen-bond acceptors (Lipinski definition) is 4. The van der Waals surface area contributed by atoms with Gasteiger partial charge in [0.25, 0.3) is 0 Å². The standard InChI is InChI=1S/C20H18FN3O3.C2HF3O2/c1-24-11-10-22-19(24)18(13-6-8-15(21)9-7-13)23-17(25)12-14-4-2-3-5-16(14)20(26)27;3-2(4,5)1(6)7/h2-11,18H,12H2,1H3,(H,23,25)(H,26,27);(H,6,7). The number of nitrogens with zero attached hydrogens (tertiary/aromatic N) is 2. The number of imidazole rings is 1. The lowest BCUT2D eigenvalue weighted by Gasteiger charge is -2.19. The Labute approximate surface area is 190 Å². The minimum atomic E-state index is -5.08. The zero-order valence-electron chi connectivity index (χ0n) is 17.6. The molecule has 34 heavy (non-hydrogen) atoms. The summed E-state index contributed by atoms with van der Waals surface area (Å²) < 4.78 is 46.8. The van der Waals surface area contributed by atoms with Crippen LogP contribution in [-0.4, -0.2) is 43.8 Å². The van der Waals surface area contributed by atoms with Gasteiger partial charge in [-0.25, -0.2) is 19.0 Å². The van der Waals surface area contributed by atoms with Gasteiger partial charge in [0.15, 0.2) is 0 Å². The van der Waals surface area contributed by atoms with Crippen molar-refractivity contribution in [2.75, 3.05) is 0 Å². The number of benzene rings is 2. The summed E-state index contributed by atoms with van der Waals surface area (Å²) in [4.78, 5) is 37.1. The maximum absolute atomic E-state index is 13.3. The Morgan fingerprint density at radius 1 is 1.06 bits per heavy atom. The lowest BCUT2D eigenvalue weighted by Crippen LogP contribution is -2.32. The molecule has 3 aromatic rings. The van der Waals surface area contributed by atoms with Crippen molar-refractivity contribution in [1.29, 1.82) is 0 Å². The molecule has 12 heteroatoms.